The first-order valence-corrected chi connectivity index (χ1v) is 10.3. The largest absolute Gasteiger partial charge is 0.497 e. The predicted molar refractivity (Wildman–Crippen MR) is 116 cm³/mol. The Balaban J connectivity index is 1.53. The zero-order chi connectivity index (χ0) is 21.5. The smallest absolute Gasteiger partial charge is 0.253 e. The fraction of sp³-hybridized carbons (Fsp3) is 0.200. The minimum absolute atomic E-state index is 0.162. The minimum atomic E-state index is -0.296. The molecule has 3 rings (SSSR count). The zero-order valence-electron chi connectivity index (χ0n) is 16.4. The van der Waals surface area contributed by atoms with Gasteiger partial charge in [-0.15, -0.1) is 10.2 Å². The molecule has 3 aromatic rings. The van der Waals surface area contributed by atoms with Gasteiger partial charge in [0.15, 0.2) is 11.0 Å². The van der Waals surface area contributed by atoms with Crippen LogP contribution in [-0.2, 0) is 18.4 Å². The highest BCUT2D eigenvalue weighted by molar-refractivity contribution is 7.99. The Morgan fingerprint density at radius 3 is 2.73 bits per heavy atom. The van der Waals surface area contributed by atoms with Crippen molar-refractivity contribution in [3.8, 4) is 5.75 Å². The number of hydrogen-bond acceptors (Lipinski definition) is 6. The number of hydrogen-bond donors (Lipinski definition) is 2. The highest BCUT2D eigenvalue weighted by Crippen LogP contribution is 2.19. The summed E-state index contributed by atoms with van der Waals surface area (Å²) in [5.74, 6) is 0.915. The molecule has 1 aromatic heterocycles. The van der Waals surface area contributed by atoms with Crippen molar-refractivity contribution in [3.05, 3.63) is 64.9 Å². The summed E-state index contributed by atoms with van der Waals surface area (Å²) in [7, 11) is 3.35. The van der Waals surface area contributed by atoms with Gasteiger partial charge in [0.25, 0.3) is 5.91 Å². The standard InChI is InChI=1S/C20H20ClN5O3S/c1-26-17(11-22-19(28)15-8-3-4-9-16(15)21)24-25-20(26)30-12-18(27)23-13-6-5-7-14(10-13)29-2/h3-10H,11-12H2,1-2H3,(H,22,28)(H,23,27). The van der Waals surface area contributed by atoms with E-state index >= 15 is 0 Å². The van der Waals surface area contributed by atoms with Gasteiger partial charge >= 0.3 is 0 Å². The van der Waals surface area contributed by atoms with Crippen LogP contribution in [-0.4, -0.2) is 39.4 Å². The number of rotatable bonds is 8. The summed E-state index contributed by atoms with van der Waals surface area (Å²) in [6, 6.07) is 13.9. The Morgan fingerprint density at radius 2 is 1.97 bits per heavy atom. The maximum atomic E-state index is 12.3. The molecule has 0 aliphatic heterocycles. The Kier molecular flexibility index (Phi) is 7.31. The van der Waals surface area contributed by atoms with E-state index in [1.54, 1.807) is 67.3 Å². The van der Waals surface area contributed by atoms with Crippen molar-refractivity contribution >= 4 is 40.9 Å². The van der Waals surface area contributed by atoms with Crippen molar-refractivity contribution in [1.82, 2.24) is 20.1 Å². The van der Waals surface area contributed by atoms with Gasteiger partial charge in [-0.25, -0.2) is 0 Å². The van der Waals surface area contributed by atoms with Crippen molar-refractivity contribution in [2.45, 2.75) is 11.7 Å². The van der Waals surface area contributed by atoms with Gasteiger partial charge in [0.2, 0.25) is 5.91 Å². The molecule has 2 amide bonds. The summed E-state index contributed by atoms with van der Waals surface area (Å²) in [6.07, 6.45) is 0. The van der Waals surface area contributed by atoms with E-state index < -0.39 is 0 Å². The van der Waals surface area contributed by atoms with Crippen LogP contribution in [0.3, 0.4) is 0 Å². The lowest BCUT2D eigenvalue weighted by atomic mass is 10.2. The third-order valence-corrected chi connectivity index (χ3v) is 5.49. The SMILES string of the molecule is COc1cccc(NC(=O)CSc2nnc(CNC(=O)c3ccccc3Cl)n2C)c1. The summed E-state index contributed by atoms with van der Waals surface area (Å²) in [6.45, 7) is 0.185. The molecule has 0 aliphatic carbocycles. The van der Waals surface area contributed by atoms with E-state index in [4.69, 9.17) is 16.3 Å². The van der Waals surface area contributed by atoms with E-state index in [1.807, 2.05) is 0 Å². The Hall–Kier alpha value is -3.04. The molecule has 0 atom stereocenters. The van der Waals surface area contributed by atoms with Gasteiger partial charge in [-0.2, -0.15) is 0 Å². The second-order valence-electron chi connectivity index (χ2n) is 6.19. The van der Waals surface area contributed by atoms with E-state index in [-0.39, 0.29) is 24.1 Å². The monoisotopic (exact) mass is 445 g/mol. The lowest BCUT2D eigenvalue weighted by molar-refractivity contribution is -0.113. The maximum Gasteiger partial charge on any atom is 0.253 e. The molecule has 0 spiro atoms. The molecule has 0 unspecified atom stereocenters. The molecule has 8 nitrogen and oxygen atoms in total. The topological polar surface area (TPSA) is 98.1 Å². The molecule has 0 bridgehead atoms. The zero-order valence-corrected chi connectivity index (χ0v) is 18.0. The quantitative estimate of drug-likeness (QED) is 0.517. The van der Waals surface area contributed by atoms with Gasteiger partial charge in [-0.05, 0) is 24.3 Å². The molecule has 10 heteroatoms. The number of anilines is 1. The molecule has 0 saturated carbocycles. The summed E-state index contributed by atoms with van der Waals surface area (Å²) in [5.41, 5.74) is 1.05. The van der Waals surface area contributed by atoms with Crippen LogP contribution in [0.4, 0.5) is 5.69 Å². The molecule has 1 heterocycles. The van der Waals surface area contributed by atoms with E-state index in [2.05, 4.69) is 20.8 Å². The molecular formula is C20H20ClN5O3S. The van der Waals surface area contributed by atoms with Crippen molar-refractivity contribution in [2.75, 3.05) is 18.2 Å². The second-order valence-corrected chi connectivity index (χ2v) is 7.54. The normalized spacial score (nSPS) is 10.5. The Morgan fingerprint density at radius 1 is 1.17 bits per heavy atom. The lowest BCUT2D eigenvalue weighted by Gasteiger charge is -2.08. The minimum Gasteiger partial charge on any atom is -0.497 e. The van der Waals surface area contributed by atoms with Gasteiger partial charge in [0.05, 0.1) is 30.0 Å². The van der Waals surface area contributed by atoms with Crippen LogP contribution in [0, 0.1) is 0 Å². The Labute approximate surface area is 183 Å². The summed E-state index contributed by atoms with van der Waals surface area (Å²) in [4.78, 5) is 24.5. The van der Waals surface area contributed by atoms with Crippen LogP contribution in [0.1, 0.15) is 16.2 Å². The van der Waals surface area contributed by atoms with Gasteiger partial charge < -0.3 is 19.9 Å². The lowest BCUT2D eigenvalue weighted by Crippen LogP contribution is -2.24. The first-order valence-electron chi connectivity index (χ1n) is 8.95. The van der Waals surface area contributed by atoms with Crippen molar-refractivity contribution in [1.29, 1.82) is 0 Å². The number of halogens is 1. The number of nitrogens with one attached hydrogen (secondary N) is 2. The summed E-state index contributed by atoms with van der Waals surface area (Å²) < 4.78 is 6.88. The van der Waals surface area contributed by atoms with Gasteiger partial charge in [0, 0.05) is 18.8 Å². The van der Waals surface area contributed by atoms with Crippen molar-refractivity contribution in [2.24, 2.45) is 7.05 Å². The van der Waals surface area contributed by atoms with Crippen molar-refractivity contribution in [3.63, 3.8) is 0 Å². The van der Waals surface area contributed by atoms with Gasteiger partial charge in [0.1, 0.15) is 5.75 Å². The number of aromatic nitrogens is 3. The van der Waals surface area contributed by atoms with E-state index in [0.717, 1.165) is 0 Å². The molecule has 0 fully saturated rings. The highest BCUT2D eigenvalue weighted by Gasteiger charge is 2.14. The fourth-order valence-electron chi connectivity index (χ4n) is 2.55. The fourth-order valence-corrected chi connectivity index (χ4v) is 3.50. The first kappa shape index (κ1) is 21.7. The average molecular weight is 446 g/mol. The van der Waals surface area contributed by atoms with Crippen LogP contribution in [0.15, 0.2) is 53.7 Å². The number of nitrogens with zero attached hydrogens (tertiary/aromatic N) is 3. The number of carbonyl (C=O) groups excluding carboxylic acids is 2. The van der Waals surface area contributed by atoms with Crippen LogP contribution in [0.25, 0.3) is 0 Å². The number of methoxy groups -OCH3 is 1. The van der Waals surface area contributed by atoms with Gasteiger partial charge in [-0.3, -0.25) is 9.59 Å². The van der Waals surface area contributed by atoms with Gasteiger partial charge in [-0.1, -0.05) is 41.6 Å². The van der Waals surface area contributed by atoms with E-state index in [0.29, 0.717) is 33.0 Å². The summed E-state index contributed by atoms with van der Waals surface area (Å²) >= 11 is 7.29. The number of thioether (sulfide) groups is 1. The maximum absolute atomic E-state index is 12.3. The molecular weight excluding hydrogens is 426 g/mol. The summed E-state index contributed by atoms with van der Waals surface area (Å²) in [5, 5.41) is 14.7. The molecule has 30 heavy (non-hydrogen) atoms. The van der Waals surface area contributed by atoms with Crippen LogP contribution in [0.5, 0.6) is 5.75 Å². The van der Waals surface area contributed by atoms with Crippen LogP contribution < -0.4 is 15.4 Å². The molecule has 2 aromatic carbocycles. The average Bonchev–Trinajstić information content (AvgIpc) is 3.10. The van der Waals surface area contributed by atoms with Crippen LogP contribution >= 0.6 is 23.4 Å². The number of carbonyl (C=O) groups is 2. The van der Waals surface area contributed by atoms with E-state index in [1.165, 1.54) is 11.8 Å². The van der Waals surface area contributed by atoms with E-state index in [9.17, 15) is 9.59 Å². The molecule has 156 valence electrons. The molecule has 2 N–H and O–H groups in total. The number of benzene rings is 2. The number of ether oxygens (including phenoxy) is 1. The highest BCUT2D eigenvalue weighted by atomic mass is 35.5. The molecule has 0 radical (unpaired) electrons. The second kappa shape index (κ2) is 10.1. The third kappa shape index (κ3) is 5.52. The van der Waals surface area contributed by atoms with Crippen LogP contribution in [0.2, 0.25) is 5.02 Å². The number of amides is 2. The first-order chi connectivity index (χ1) is 14.5. The van der Waals surface area contributed by atoms with Crippen molar-refractivity contribution < 1.29 is 14.3 Å². The Bertz CT molecular complexity index is 1060. The predicted octanol–water partition coefficient (Wildman–Crippen LogP) is 3.14. The third-order valence-electron chi connectivity index (χ3n) is 4.14. The molecule has 0 aliphatic rings. The molecule has 0 saturated heterocycles.